The van der Waals surface area contributed by atoms with Crippen molar-refractivity contribution in [3.8, 4) is 0 Å². The molecule has 1 aromatic carbocycles. The number of hydrogen-bond donors (Lipinski definition) is 1. The number of hydrogen-bond acceptors (Lipinski definition) is 4. The van der Waals surface area contributed by atoms with Crippen molar-refractivity contribution in [2.24, 2.45) is 5.92 Å². The molecular weight excluding hydrogens is 332 g/mol. The Bertz CT molecular complexity index is 776. The molecule has 0 aliphatic carbocycles. The number of fused-ring (bicyclic) bond motifs is 1. The van der Waals surface area contributed by atoms with Crippen LogP contribution >= 0.6 is 0 Å². The molecule has 0 fully saturated rings. The van der Waals surface area contributed by atoms with Gasteiger partial charge in [-0.3, -0.25) is 19.3 Å². The summed E-state index contributed by atoms with van der Waals surface area (Å²) in [7, 11) is 0. The highest BCUT2D eigenvalue weighted by molar-refractivity contribution is 6.22. The molecule has 2 aromatic rings. The van der Waals surface area contributed by atoms with Gasteiger partial charge in [-0.05, 0) is 36.6 Å². The monoisotopic (exact) mass is 354 g/mol. The van der Waals surface area contributed by atoms with Crippen molar-refractivity contribution in [3.63, 3.8) is 0 Å². The zero-order valence-electron chi connectivity index (χ0n) is 14.9. The molecule has 0 radical (unpaired) electrons. The van der Waals surface area contributed by atoms with Crippen molar-refractivity contribution < 1.29 is 18.8 Å². The summed E-state index contributed by atoms with van der Waals surface area (Å²) >= 11 is 0. The van der Waals surface area contributed by atoms with Gasteiger partial charge in [0.1, 0.15) is 12.3 Å². The van der Waals surface area contributed by atoms with E-state index in [4.69, 9.17) is 4.42 Å². The minimum Gasteiger partial charge on any atom is -0.469 e. The highest BCUT2D eigenvalue weighted by atomic mass is 16.3. The number of amides is 3. The highest BCUT2D eigenvalue weighted by Crippen LogP contribution is 2.27. The number of rotatable bonds is 7. The van der Waals surface area contributed by atoms with Crippen molar-refractivity contribution in [3.05, 3.63) is 59.5 Å². The lowest BCUT2D eigenvalue weighted by molar-refractivity contribution is -0.121. The molecule has 6 nitrogen and oxygen atoms in total. The van der Waals surface area contributed by atoms with Gasteiger partial charge in [-0.25, -0.2) is 0 Å². The maximum Gasteiger partial charge on any atom is 0.262 e. The van der Waals surface area contributed by atoms with Crippen LogP contribution in [-0.2, 0) is 4.79 Å². The van der Waals surface area contributed by atoms with E-state index in [9.17, 15) is 14.4 Å². The lowest BCUT2D eigenvalue weighted by atomic mass is 9.90. The van der Waals surface area contributed by atoms with E-state index in [1.807, 2.05) is 12.1 Å². The van der Waals surface area contributed by atoms with Crippen LogP contribution in [-0.4, -0.2) is 35.7 Å². The molecule has 1 atom stereocenters. The van der Waals surface area contributed by atoms with Crippen LogP contribution in [0.5, 0.6) is 0 Å². The summed E-state index contributed by atoms with van der Waals surface area (Å²) in [5, 5.41) is 2.80. The largest absolute Gasteiger partial charge is 0.469 e. The first-order valence-electron chi connectivity index (χ1n) is 8.74. The minimum absolute atomic E-state index is 0.199. The van der Waals surface area contributed by atoms with E-state index in [0.29, 0.717) is 23.6 Å². The second-order valence-electron chi connectivity index (χ2n) is 6.75. The van der Waals surface area contributed by atoms with Crippen LogP contribution in [0.25, 0.3) is 0 Å². The van der Waals surface area contributed by atoms with Gasteiger partial charge in [-0.2, -0.15) is 0 Å². The maximum absolute atomic E-state index is 12.3. The Hall–Kier alpha value is -2.89. The third-order valence-corrected chi connectivity index (χ3v) is 4.67. The molecule has 0 bridgehead atoms. The minimum atomic E-state index is -0.420. The number of nitrogens with zero attached hydrogens (tertiary/aromatic N) is 1. The Morgan fingerprint density at radius 1 is 1.08 bits per heavy atom. The predicted molar refractivity (Wildman–Crippen MR) is 95.7 cm³/mol. The van der Waals surface area contributed by atoms with E-state index in [-0.39, 0.29) is 18.4 Å². The van der Waals surface area contributed by atoms with Gasteiger partial charge >= 0.3 is 0 Å². The fourth-order valence-corrected chi connectivity index (χ4v) is 3.26. The quantitative estimate of drug-likeness (QED) is 0.776. The van der Waals surface area contributed by atoms with Crippen molar-refractivity contribution in [1.82, 2.24) is 10.2 Å². The molecule has 0 saturated carbocycles. The maximum atomic E-state index is 12.3. The number of furan rings is 1. The molecular formula is C20H22N2O4. The highest BCUT2D eigenvalue weighted by Gasteiger charge is 2.36. The standard InChI is InChI=1S/C20H22N2O4/c1-13(2)14(17-8-5-11-26-17)9-10-21-18(23)12-22-19(24)15-6-3-4-7-16(15)20(22)25/h3-8,11,13-14H,9-10,12H2,1-2H3,(H,21,23)/t14-/m1/s1. The Labute approximate surface area is 152 Å². The van der Waals surface area contributed by atoms with Crippen LogP contribution in [0.15, 0.2) is 47.1 Å². The van der Waals surface area contributed by atoms with Crippen LogP contribution in [0.4, 0.5) is 0 Å². The number of imide groups is 1. The second kappa shape index (κ2) is 7.56. The van der Waals surface area contributed by atoms with E-state index >= 15 is 0 Å². The first kappa shape index (κ1) is 17.9. The number of nitrogens with one attached hydrogen (secondary N) is 1. The Morgan fingerprint density at radius 2 is 1.73 bits per heavy atom. The van der Waals surface area contributed by atoms with Crippen LogP contribution < -0.4 is 5.32 Å². The van der Waals surface area contributed by atoms with E-state index in [2.05, 4.69) is 19.2 Å². The smallest absolute Gasteiger partial charge is 0.262 e. The molecule has 1 N–H and O–H groups in total. The number of benzene rings is 1. The molecule has 3 rings (SSSR count). The molecule has 26 heavy (non-hydrogen) atoms. The summed E-state index contributed by atoms with van der Waals surface area (Å²) in [6, 6.07) is 10.4. The fraction of sp³-hybridized carbons (Fsp3) is 0.350. The van der Waals surface area contributed by atoms with Gasteiger partial charge in [0.25, 0.3) is 11.8 Å². The molecule has 0 saturated heterocycles. The van der Waals surface area contributed by atoms with E-state index in [1.165, 1.54) is 0 Å². The molecule has 1 aliphatic heterocycles. The predicted octanol–water partition coefficient (Wildman–Crippen LogP) is 2.82. The van der Waals surface area contributed by atoms with Gasteiger partial charge < -0.3 is 9.73 Å². The average molecular weight is 354 g/mol. The number of carbonyl (C=O) groups excluding carboxylic acids is 3. The van der Waals surface area contributed by atoms with Gasteiger partial charge in [0.15, 0.2) is 0 Å². The first-order valence-corrected chi connectivity index (χ1v) is 8.74. The molecule has 1 aromatic heterocycles. The van der Waals surface area contributed by atoms with Gasteiger partial charge in [-0.1, -0.05) is 26.0 Å². The van der Waals surface area contributed by atoms with Crippen LogP contribution in [0.1, 0.15) is 52.7 Å². The third kappa shape index (κ3) is 3.54. The Morgan fingerprint density at radius 3 is 2.27 bits per heavy atom. The van der Waals surface area contributed by atoms with Gasteiger partial charge in [-0.15, -0.1) is 0 Å². The summed E-state index contributed by atoms with van der Waals surface area (Å²) in [6.45, 7) is 4.40. The van der Waals surface area contributed by atoms with Crippen LogP contribution in [0.2, 0.25) is 0 Å². The average Bonchev–Trinajstić information content (AvgIpc) is 3.22. The van der Waals surface area contributed by atoms with Crippen molar-refractivity contribution in [1.29, 1.82) is 0 Å². The summed E-state index contributed by atoms with van der Waals surface area (Å²) in [5.41, 5.74) is 0.700. The van der Waals surface area contributed by atoms with Gasteiger partial charge in [0.05, 0.1) is 17.4 Å². The number of carbonyl (C=O) groups is 3. The first-order chi connectivity index (χ1) is 12.5. The van der Waals surface area contributed by atoms with Crippen LogP contribution in [0, 0.1) is 5.92 Å². The van der Waals surface area contributed by atoms with Crippen molar-refractivity contribution in [2.75, 3.05) is 13.1 Å². The van der Waals surface area contributed by atoms with Crippen molar-refractivity contribution >= 4 is 17.7 Å². The molecule has 3 amide bonds. The molecule has 2 heterocycles. The molecule has 0 unspecified atom stereocenters. The summed E-state index contributed by atoms with van der Waals surface area (Å²) in [5.74, 6) is 0.280. The summed E-state index contributed by atoms with van der Waals surface area (Å²) in [4.78, 5) is 37.8. The van der Waals surface area contributed by atoms with Gasteiger partial charge in [0.2, 0.25) is 5.91 Å². The normalized spacial score (nSPS) is 14.7. The van der Waals surface area contributed by atoms with E-state index in [1.54, 1.807) is 30.5 Å². The molecule has 1 aliphatic rings. The lowest BCUT2D eigenvalue weighted by Crippen LogP contribution is -2.40. The lowest BCUT2D eigenvalue weighted by Gasteiger charge is -2.19. The molecule has 0 spiro atoms. The molecule has 136 valence electrons. The van der Waals surface area contributed by atoms with E-state index < -0.39 is 11.8 Å². The summed E-state index contributed by atoms with van der Waals surface area (Å²) < 4.78 is 5.48. The second-order valence-corrected chi connectivity index (χ2v) is 6.75. The molecule has 6 heteroatoms. The topological polar surface area (TPSA) is 79.6 Å². The fourth-order valence-electron chi connectivity index (χ4n) is 3.26. The Balaban J connectivity index is 1.54. The third-order valence-electron chi connectivity index (χ3n) is 4.67. The Kier molecular flexibility index (Phi) is 5.21. The van der Waals surface area contributed by atoms with Crippen LogP contribution in [0.3, 0.4) is 0 Å². The zero-order chi connectivity index (χ0) is 18.7. The zero-order valence-corrected chi connectivity index (χ0v) is 14.9. The van der Waals surface area contributed by atoms with Crippen molar-refractivity contribution in [2.45, 2.75) is 26.2 Å². The summed E-state index contributed by atoms with van der Waals surface area (Å²) in [6.07, 6.45) is 2.37. The van der Waals surface area contributed by atoms with E-state index in [0.717, 1.165) is 17.1 Å². The van der Waals surface area contributed by atoms with Gasteiger partial charge in [0, 0.05) is 12.5 Å². The SMILES string of the molecule is CC(C)[C@@H](CCNC(=O)CN1C(=O)c2ccccc2C1=O)c1ccco1.